The van der Waals surface area contributed by atoms with E-state index < -0.39 is 23.3 Å². The minimum atomic E-state index is -0.549. The van der Waals surface area contributed by atoms with E-state index in [1.165, 1.54) is 82.1 Å². The van der Waals surface area contributed by atoms with Gasteiger partial charge in [0.25, 0.3) is 0 Å². The largest absolute Gasteiger partial charge is 0.508 e. The number of methoxy groups -OCH3 is 3. The van der Waals surface area contributed by atoms with E-state index in [9.17, 15) is 44.1 Å². The van der Waals surface area contributed by atoms with Gasteiger partial charge in [-0.15, -0.1) is 5.10 Å². The van der Waals surface area contributed by atoms with E-state index in [0.29, 0.717) is 131 Å². The normalized spacial score (nSPS) is 11.5. The number of aromatic hydroxyl groups is 2. The highest BCUT2D eigenvalue weighted by atomic mass is 16.6. The predicted octanol–water partition coefficient (Wildman–Crippen LogP) is 6.29. The highest BCUT2D eigenvalue weighted by Gasteiger charge is 2.14. The van der Waals surface area contributed by atoms with E-state index in [1.54, 1.807) is 71.6 Å². The smallest absolute Gasteiger partial charge is 0.311 e. The SMILES string of the molecule is COc1cc(/C=C\C(=O)CC(=O)/C=C\c2ccc(OC(=O)CCCC(=O)NCCOCCOCCOCCOCCOCCOCCn3cc(COc4ccc(/C=C\C(=O)CC(=O)/C=C\c5ccc(O)c(CO)c5)cc4OC)nn3)c(OC)c2)ccc1O. The summed E-state index contributed by atoms with van der Waals surface area (Å²) in [4.78, 5) is 74.4. The molecule has 24 heteroatoms. The number of ketones is 4. The number of phenols is 2. The molecule has 1 heterocycles. The van der Waals surface area contributed by atoms with Gasteiger partial charge in [0, 0.05) is 24.9 Å². The van der Waals surface area contributed by atoms with Gasteiger partial charge in [0.1, 0.15) is 18.1 Å². The Morgan fingerprint density at radius 2 is 0.955 bits per heavy atom. The molecule has 0 aliphatic carbocycles. The van der Waals surface area contributed by atoms with Crippen LogP contribution in [-0.4, -0.2) is 172 Å². The second-order valence-corrected chi connectivity index (χ2v) is 19.0. The van der Waals surface area contributed by atoms with Crippen LogP contribution in [0.1, 0.15) is 65.6 Å². The summed E-state index contributed by atoms with van der Waals surface area (Å²) in [7, 11) is 4.33. The van der Waals surface area contributed by atoms with Gasteiger partial charge in [-0.2, -0.15) is 0 Å². The molecule has 1 aromatic heterocycles. The number of aliphatic hydroxyl groups excluding tert-OH is 1. The molecule has 5 rings (SSSR count). The first-order valence-corrected chi connectivity index (χ1v) is 28.2. The molecule has 0 spiro atoms. The first kappa shape index (κ1) is 69.9. The van der Waals surface area contributed by atoms with Gasteiger partial charge in [-0.25, -0.2) is 4.68 Å². The average Bonchev–Trinajstić information content (AvgIpc) is 4.00. The summed E-state index contributed by atoms with van der Waals surface area (Å²) in [6.07, 6.45) is 12.7. The fourth-order valence-electron chi connectivity index (χ4n) is 7.69. The summed E-state index contributed by atoms with van der Waals surface area (Å²) in [5.41, 5.74) is 3.39. The first-order chi connectivity index (χ1) is 42.7. The van der Waals surface area contributed by atoms with Crippen molar-refractivity contribution < 1.29 is 96.2 Å². The number of ether oxygens (including phenoxy) is 11. The molecule has 0 fully saturated rings. The molecular weight excluding hydrogens is 1140 g/mol. The van der Waals surface area contributed by atoms with Crippen LogP contribution in [0.2, 0.25) is 0 Å². The third-order valence-electron chi connectivity index (χ3n) is 12.3. The van der Waals surface area contributed by atoms with Crippen LogP contribution in [0.25, 0.3) is 24.3 Å². The maximum absolute atomic E-state index is 12.5. The standard InChI is InChI=1S/C64H76N4O20/c1-78-60-38-47(12-20-57(60)75)8-16-53(71)42-55(73)18-10-49-14-22-59(62(40-49)80-3)88-64(77)6-4-5-63(76)65-23-25-81-27-29-83-31-33-85-35-36-86-34-32-84-30-28-82-26-24-68-43-51(66-67-68)45-87-58-21-13-48(39-61(58)79-2)9-17-54(72)41-52(70)15-7-46-11-19-56(74)50(37-46)44-69/h7-22,37-40,43,69,74-75H,4-6,23-36,41-42,44-45H2,1-3H3,(H,65,76)/b15-7-,16-8-,17-9-,18-10-. The Balaban J connectivity index is 0.779. The molecule has 0 saturated heterocycles. The highest BCUT2D eigenvalue weighted by Crippen LogP contribution is 2.31. The Hall–Kier alpha value is -8.88. The summed E-state index contributed by atoms with van der Waals surface area (Å²) in [6, 6.07) is 19.1. The summed E-state index contributed by atoms with van der Waals surface area (Å²) >= 11 is 0. The zero-order valence-electron chi connectivity index (χ0n) is 49.6. The van der Waals surface area contributed by atoms with Crippen molar-refractivity contribution in [2.75, 3.05) is 107 Å². The van der Waals surface area contributed by atoms with Crippen molar-refractivity contribution in [1.29, 1.82) is 0 Å². The molecular formula is C64H76N4O20. The molecule has 472 valence electrons. The van der Waals surface area contributed by atoms with E-state index in [2.05, 4.69) is 15.6 Å². The molecule has 0 saturated carbocycles. The van der Waals surface area contributed by atoms with Gasteiger partial charge in [0.2, 0.25) is 5.91 Å². The number of hydrogen-bond donors (Lipinski definition) is 4. The molecule has 1 amide bonds. The van der Waals surface area contributed by atoms with E-state index in [0.717, 1.165) is 0 Å². The number of aliphatic hydroxyl groups is 1. The van der Waals surface area contributed by atoms with E-state index in [1.807, 2.05) is 0 Å². The molecule has 88 heavy (non-hydrogen) atoms. The van der Waals surface area contributed by atoms with Crippen LogP contribution in [0.15, 0.2) is 103 Å². The van der Waals surface area contributed by atoms with Gasteiger partial charge < -0.3 is 72.7 Å². The number of nitrogens with one attached hydrogen (secondary N) is 1. The lowest BCUT2D eigenvalue weighted by atomic mass is 10.1. The minimum absolute atomic E-state index is 0.00712. The summed E-state index contributed by atoms with van der Waals surface area (Å²) in [5, 5.41) is 39.8. The van der Waals surface area contributed by atoms with E-state index >= 15 is 0 Å². The molecule has 0 aliphatic heterocycles. The van der Waals surface area contributed by atoms with Crippen LogP contribution in [-0.2, 0) is 76.9 Å². The molecule has 4 aromatic carbocycles. The van der Waals surface area contributed by atoms with Crippen molar-refractivity contribution in [2.45, 2.75) is 51.9 Å². The van der Waals surface area contributed by atoms with Crippen LogP contribution in [0, 0.1) is 0 Å². The van der Waals surface area contributed by atoms with Gasteiger partial charge >= 0.3 is 5.97 Å². The highest BCUT2D eigenvalue weighted by molar-refractivity contribution is 6.11. The monoisotopic (exact) mass is 1220 g/mol. The number of hydrogen-bond acceptors (Lipinski definition) is 22. The number of phenolic OH excluding ortho intramolecular Hbond substituents is 1. The number of esters is 1. The number of amides is 1. The molecule has 0 radical (unpaired) electrons. The molecule has 4 N–H and O–H groups in total. The van der Waals surface area contributed by atoms with Crippen molar-refractivity contribution in [3.8, 4) is 40.2 Å². The zero-order valence-corrected chi connectivity index (χ0v) is 49.6. The predicted molar refractivity (Wildman–Crippen MR) is 322 cm³/mol. The van der Waals surface area contributed by atoms with Crippen molar-refractivity contribution in [2.24, 2.45) is 0 Å². The van der Waals surface area contributed by atoms with Gasteiger partial charge in [0.05, 0.1) is 133 Å². The fraction of sp³-hybridized carbons (Fsp3) is 0.375. The number of nitrogens with zero attached hydrogens (tertiary/aromatic N) is 3. The number of benzene rings is 4. The summed E-state index contributed by atoms with van der Waals surface area (Å²) in [5.74, 6) is -0.868. The second kappa shape index (κ2) is 40.5. The summed E-state index contributed by atoms with van der Waals surface area (Å²) < 4.78 is 62.3. The number of aromatic nitrogens is 3. The topological polar surface area (TPSA) is 307 Å². The van der Waals surface area contributed by atoms with Crippen LogP contribution < -0.4 is 29.0 Å². The quantitative estimate of drug-likeness (QED) is 0.0109. The Labute approximate surface area is 510 Å². The van der Waals surface area contributed by atoms with Crippen LogP contribution in [0.5, 0.6) is 40.2 Å². The second-order valence-electron chi connectivity index (χ2n) is 19.0. The molecule has 0 aliphatic rings. The minimum Gasteiger partial charge on any atom is -0.508 e. The lowest BCUT2D eigenvalue weighted by molar-refractivity contribution is -0.135. The maximum Gasteiger partial charge on any atom is 0.311 e. The van der Waals surface area contributed by atoms with E-state index in [4.69, 9.17) is 52.1 Å². The first-order valence-electron chi connectivity index (χ1n) is 28.2. The summed E-state index contributed by atoms with van der Waals surface area (Å²) in [6.45, 7) is 5.11. The van der Waals surface area contributed by atoms with Gasteiger partial charge in [-0.3, -0.25) is 28.8 Å². The third kappa shape index (κ3) is 27.7. The van der Waals surface area contributed by atoms with Crippen molar-refractivity contribution in [3.63, 3.8) is 0 Å². The molecule has 0 bridgehead atoms. The Bertz CT molecular complexity index is 3150. The number of carbonyl (C=O) groups excluding carboxylic acids is 6. The third-order valence-corrected chi connectivity index (χ3v) is 12.3. The average molecular weight is 1220 g/mol. The van der Waals surface area contributed by atoms with Gasteiger partial charge in [-0.05, 0) is 102 Å². The number of rotatable bonds is 45. The fourth-order valence-corrected chi connectivity index (χ4v) is 7.69. The molecule has 0 unspecified atom stereocenters. The Morgan fingerprint density at radius 3 is 1.47 bits per heavy atom. The van der Waals surface area contributed by atoms with Crippen molar-refractivity contribution in [3.05, 3.63) is 137 Å². The Morgan fingerprint density at radius 1 is 0.511 bits per heavy atom. The maximum atomic E-state index is 12.5. The van der Waals surface area contributed by atoms with Crippen molar-refractivity contribution >= 4 is 59.3 Å². The van der Waals surface area contributed by atoms with Crippen LogP contribution in [0.4, 0.5) is 0 Å². The van der Waals surface area contributed by atoms with Gasteiger partial charge in [-0.1, -0.05) is 53.8 Å². The zero-order chi connectivity index (χ0) is 63.1. The van der Waals surface area contributed by atoms with E-state index in [-0.39, 0.29) is 92.4 Å². The molecule has 24 nitrogen and oxygen atoms in total. The number of carbonyl (C=O) groups is 6. The van der Waals surface area contributed by atoms with Gasteiger partial charge in [0.15, 0.2) is 57.6 Å². The van der Waals surface area contributed by atoms with Crippen LogP contribution in [0.3, 0.4) is 0 Å². The Kier molecular flexibility index (Phi) is 32.2. The molecule has 0 atom stereocenters. The number of allylic oxidation sites excluding steroid dienone is 4. The van der Waals surface area contributed by atoms with Crippen molar-refractivity contribution in [1.82, 2.24) is 20.3 Å². The molecule has 5 aromatic rings. The lowest BCUT2D eigenvalue weighted by Crippen LogP contribution is -2.27. The van der Waals surface area contributed by atoms with Crippen LogP contribution >= 0.6 is 0 Å². The lowest BCUT2D eigenvalue weighted by Gasteiger charge is -2.10.